The second-order valence-corrected chi connectivity index (χ2v) is 4.60. The van der Waals surface area contributed by atoms with Crippen LogP contribution in [0, 0.1) is 11.6 Å². The third-order valence-corrected chi connectivity index (χ3v) is 3.02. The molecule has 2 aromatic rings. The number of nitrogens with one attached hydrogen (secondary N) is 2. The summed E-state index contributed by atoms with van der Waals surface area (Å²) in [6.07, 6.45) is 0. The Morgan fingerprint density at radius 3 is 2.55 bits per heavy atom. The SMILES string of the molecule is COc1ccc(CNC(=O)CNc2cc(F)ccc2F)cc1. The summed E-state index contributed by atoms with van der Waals surface area (Å²) >= 11 is 0. The molecule has 116 valence electrons. The van der Waals surface area contributed by atoms with Gasteiger partial charge in [0.15, 0.2) is 0 Å². The average Bonchev–Trinajstić information content (AvgIpc) is 2.54. The zero-order valence-electron chi connectivity index (χ0n) is 12.0. The van der Waals surface area contributed by atoms with Gasteiger partial charge in [0, 0.05) is 6.54 Å². The Morgan fingerprint density at radius 1 is 1.14 bits per heavy atom. The van der Waals surface area contributed by atoms with E-state index in [1.165, 1.54) is 0 Å². The van der Waals surface area contributed by atoms with Crippen LogP contribution in [0.3, 0.4) is 0 Å². The molecule has 0 bridgehead atoms. The summed E-state index contributed by atoms with van der Waals surface area (Å²) in [6.45, 7) is 0.201. The molecule has 0 spiro atoms. The van der Waals surface area contributed by atoms with Crippen molar-refractivity contribution in [1.82, 2.24) is 5.32 Å². The lowest BCUT2D eigenvalue weighted by Gasteiger charge is -2.09. The van der Waals surface area contributed by atoms with Gasteiger partial charge < -0.3 is 15.4 Å². The number of hydrogen-bond donors (Lipinski definition) is 2. The fourth-order valence-electron chi connectivity index (χ4n) is 1.82. The molecule has 0 aliphatic heterocycles. The van der Waals surface area contributed by atoms with Gasteiger partial charge in [-0.25, -0.2) is 8.78 Å². The Bertz CT molecular complexity index is 645. The topological polar surface area (TPSA) is 50.4 Å². The number of halogens is 2. The molecule has 0 aliphatic carbocycles. The van der Waals surface area contributed by atoms with Crippen LogP contribution in [0.5, 0.6) is 5.75 Å². The Kier molecular flexibility index (Phi) is 5.30. The Labute approximate surface area is 127 Å². The third kappa shape index (κ3) is 4.44. The van der Waals surface area contributed by atoms with E-state index in [9.17, 15) is 13.6 Å². The van der Waals surface area contributed by atoms with Gasteiger partial charge in [0.25, 0.3) is 0 Å². The minimum Gasteiger partial charge on any atom is -0.497 e. The highest BCUT2D eigenvalue weighted by Gasteiger charge is 2.06. The number of ether oxygens (including phenoxy) is 1. The zero-order valence-corrected chi connectivity index (χ0v) is 12.0. The van der Waals surface area contributed by atoms with Crippen LogP contribution in [0.4, 0.5) is 14.5 Å². The first kappa shape index (κ1) is 15.8. The minimum absolute atomic E-state index is 0.0420. The maximum Gasteiger partial charge on any atom is 0.239 e. The van der Waals surface area contributed by atoms with Crippen molar-refractivity contribution in [2.75, 3.05) is 19.0 Å². The molecule has 0 atom stereocenters. The quantitative estimate of drug-likeness (QED) is 0.863. The van der Waals surface area contributed by atoms with Gasteiger partial charge in [-0.1, -0.05) is 12.1 Å². The van der Waals surface area contributed by atoms with Gasteiger partial charge in [0.1, 0.15) is 17.4 Å². The first-order chi connectivity index (χ1) is 10.6. The van der Waals surface area contributed by atoms with Crippen LogP contribution in [0.25, 0.3) is 0 Å². The number of rotatable bonds is 6. The zero-order chi connectivity index (χ0) is 15.9. The van der Waals surface area contributed by atoms with Crippen LogP contribution >= 0.6 is 0 Å². The van der Waals surface area contributed by atoms with Crippen LogP contribution < -0.4 is 15.4 Å². The van der Waals surface area contributed by atoms with Gasteiger partial charge in [-0.2, -0.15) is 0 Å². The van der Waals surface area contributed by atoms with E-state index in [2.05, 4.69) is 10.6 Å². The molecular weight excluding hydrogens is 290 g/mol. The summed E-state index contributed by atoms with van der Waals surface area (Å²) in [4.78, 5) is 11.7. The fourth-order valence-corrected chi connectivity index (χ4v) is 1.82. The predicted molar refractivity (Wildman–Crippen MR) is 79.7 cm³/mol. The number of methoxy groups -OCH3 is 1. The van der Waals surface area contributed by atoms with Gasteiger partial charge >= 0.3 is 0 Å². The van der Waals surface area contributed by atoms with Crippen molar-refractivity contribution < 1.29 is 18.3 Å². The number of amides is 1. The van der Waals surface area contributed by atoms with Gasteiger partial charge in [0.2, 0.25) is 5.91 Å². The lowest BCUT2D eigenvalue weighted by Crippen LogP contribution is -2.29. The van der Waals surface area contributed by atoms with E-state index in [1.54, 1.807) is 19.2 Å². The smallest absolute Gasteiger partial charge is 0.239 e. The monoisotopic (exact) mass is 306 g/mol. The number of anilines is 1. The van der Waals surface area contributed by atoms with Crippen LogP contribution in [-0.4, -0.2) is 19.6 Å². The molecule has 6 heteroatoms. The molecule has 0 unspecified atom stereocenters. The molecular formula is C16H16F2N2O2. The molecule has 0 heterocycles. The summed E-state index contributed by atoms with van der Waals surface area (Å²) in [5, 5.41) is 5.24. The van der Waals surface area contributed by atoms with Gasteiger partial charge in [-0.15, -0.1) is 0 Å². The summed E-state index contributed by atoms with van der Waals surface area (Å²) < 4.78 is 31.4. The van der Waals surface area contributed by atoms with E-state index < -0.39 is 11.6 Å². The highest BCUT2D eigenvalue weighted by atomic mass is 19.1. The molecule has 2 rings (SSSR count). The molecule has 0 aliphatic rings. The predicted octanol–water partition coefficient (Wildman–Crippen LogP) is 2.70. The second-order valence-electron chi connectivity index (χ2n) is 4.60. The molecule has 0 saturated carbocycles. The number of benzene rings is 2. The maximum absolute atomic E-state index is 13.4. The molecule has 0 radical (unpaired) electrons. The Hall–Kier alpha value is -2.63. The summed E-state index contributed by atoms with van der Waals surface area (Å²) in [6, 6.07) is 10.3. The van der Waals surface area contributed by atoms with Crippen molar-refractivity contribution in [2.45, 2.75) is 6.54 Å². The fraction of sp³-hybridized carbons (Fsp3) is 0.188. The molecule has 1 amide bonds. The van der Waals surface area contributed by atoms with E-state index in [0.717, 1.165) is 29.5 Å². The number of carbonyl (C=O) groups is 1. The Balaban J connectivity index is 1.81. The third-order valence-electron chi connectivity index (χ3n) is 3.02. The highest BCUT2D eigenvalue weighted by Crippen LogP contribution is 2.14. The molecule has 2 N–H and O–H groups in total. The standard InChI is InChI=1S/C16H16F2N2O2/c1-22-13-5-2-11(3-6-13)9-20-16(21)10-19-15-8-12(17)4-7-14(15)18/h2-8,19H,9-10H2,1H3,(H,20,21). The van der Waals surface area contributed by atoms with Crippen LogP contribution in [0.15, 0.2) is 42.5 Å². The van der Waals surface area contributed by atoms with Crippen LogP contribution in [-0.2, 0) is 11.3 Å². The lowest BCUT2D eigenvalue weighted by atomic mass is 10.2. The van der Waals surface area contributed by atoms with E-state index in [1.807, 2.05) is 12.1 Å². The first-order valence-corrected chi connectivity index (χ1v) is 6.67. The summed E-state index contributed by atoms with van der Waals surface area (Å²) in [7, 11) is 1.58. The van der Waals surface area contributed by atoms with Gasteiger partial charge in [0.05, 0.1) is 19.3 Å². The van der Waals surface area contributed by atoms with Gasteiger partial charge in [-0.05, 0) is 35.9 Å². The van der Waals surface area contributed by atoms with Crippen LogP contribution in [0.2, 0.25) is 0 Å². The lowest BCUT2D eigenvalue weighted by molar-refractivity contribution is -0.119. The molecule has 22 heavy (non-hydrogen) atoms. The summed E-state index contributed by atoms with van der Waals surface area (Å²) in [5.74, 6) is -0.760. The van der Waals surface area contributed by atoms with Crippen molar-refractivity contribution in [3.8, 4) is 5.75 Å². The van der Waals surface area contributed by atoms with E-state index >= 15 is 0 Å². The average molecular weight is 306 g/mol. The molecule has 0 aromatic heterocycles. The number of hydrogen-bond acceptors (Lipinski definition) is 3. The van der Waals surface area contributed by atoms with Crippen molar-refractivity contribution in [1.29, 1.82) is 0 Å². The van der Waals surface area contributed by atoms with Crippen molar-refractivity contribution in [3.05, 3.63) is 59.7 Å². The summed E-state index contributed by atoms with van der Waals surface area (Å²) in [5.41, 5.74) is 0.866. The van der Waals surface area contributed by atoms with Crippen molar-refractivity contribution in [3.63, 3.8) is 0 Å². The van der Waals surface area contributed by atoms with E-state index in [0.29, 0.717) is 6.54 Å². The van der Waals surface area contributed by atoms with Gasteiger partial charge in [-0.3, -0.25) is 4.79 Å². The van der Waals surface area contributed by atoms with Crippen molar-refractivity contribution >= 4 is 11.6 Å². The maximum atomic E-state index is 13.4. The molecule has 4 nitrogen and oxygen atoms in total. The Morgan fingerprint density at radius 2 is 1.86 bits per heavy atom. The largest absolute Gasteiger partial charge is 0.497 e. The second kappa shape index (κ2) is 7.40. The van der Waals surface area contributed by atoms with E-state index in [-0.39, 0.29) is 18.1 Å². The number of carbonyl (C=O) groups excluding carboxylic acids is 1. The van der Waals surface area contributed by atoms with Crippen LogP contribution in [0.1, 0.15) is 5.56 Å². The molecule has 2 aromatic carbocycles. The first-order valence-electron chi connectivity index (χ1n) is 6.67. The highest BCUT2D eigenvalue weighted by molar-refractivity contribution is 5.80. The van der Waals surface area contributed by atoms with Crippen molar-refractivity contribution in [2.24, 2.45) is 0 Å². The van der Waals surface area contributed by atoms with E-state index in [4.69, 9.17) is 4.74 Å². The molecule has 0 saturated heterocycles. The molecule has 0 fully saturated rings. The minimum atomic E-state index is -0.607. The normalized spacial score (nSPS) is 10.1.